The fourth-order valence-corrected chi connectivity index (χ4v) is 5.13. The Morgan fingerprint density at radius 1 is 1.24 bits per heavy atom. The van der Waals surface area contributed by atoms with Crippen LogP contribution in [0.5, 0.6) is 0 Å². The van der Waals surface area contributed by atoms with Gasteiger partial charge in [0.2, 0.25) is 10.0 Å². The van der Waals surface area contributed by atoms with Gasteiger partial charge < -0.3 is 4.52 Å². The molecule has 2 aromatic rings. The Kier molecular flexibility index (Phi) is 5.29. The number of sulfonamides is 1. The van der Waals surface area contributed by atoms with Gasteiger partial charge in [0.15, 0.2) is 5.76 Å². The first-order chi connectivity index (χ1) is 11.8. The molecule has 0 bridgehead atoms. The van der Waals surface area contributed by atoms with Crippen molar-refractivity contribution in [1.82, 2.24) is 14.4 Å². The smallest absolute Gasteiger partial charge is 0.248 e. The van der Waals surface area contributed by atoms with E-state index in [9.17, 15) is 12.8 Å². The molecule has 0 saturated carbocycles. The van der Waals surface area contributed by atoms with Gasteiger partial charge in [-0.15, -0.1) is 0 Å². The molecule has 1 saturated heterocycles. The summed E-state index contributed by atoms with van der Waals surface area (Å²) in [5.74, 6) is 0.0464. The highest BCUT2D eigenvalue weighted by Gasteiger charge is 2.33. The van der Waals surface area contributed by atoms with E-state index in [1.807, 2.05) is 4.90 Å². The van der Waals surface area contributed by atoms with Crippen LogP contribution in [-0.2, 0) is 16.6 Å². The van der Waals surface area contributed by atoms with Crippen LogP contribution >= 0.6 is 15.9 Å². The monoisotopic (exact) mass is 431 g/mol. The molecule has 136 valence electrons. The van der Waals surface area contributed by atoms with Gasteiger partial charge in [-0.3, -0.25) is 4.90 Å². The molecule has 1 aliphatic heterocycles. The summed E-state index contributed by atoms with van der Waals surface area (Å²) in [6.45, 7) is 5.44. The van der Waals surface area contributed by atoms with Crippen molar-refractivity contribution in [3.8, 4) is 0 Å². The van der Waals surface area contributed by atoms with Gasteiger partial charge in [0.1, 0.15) is 16.4 Å². The molecule has 25 heavy (non-hydrogen) atoms. The summed E-state index contributed by atoms with van der Waals surface area (Å²) in [6, 6.07) is 4.84. The predicted octanol–water partition coefficient (Wildman–Crippen LogP) is 2.70. The van der Waals surface area contributed by atoms with Gasteiger partial charge in [-0.25, -0.2) is 12.8 Å². The van der Waals surface area contributed by atoms with Crippen LogP contribution in [0, 0.1) is 19.7 Å². The first-order valence-corrected chi connectivity index (χ1v) is 10.1. The van der Waals surface area contributed by atoms with Crippen LogP contribution < -0.4 is 0 Å². The molecule has 0 unspecified atom stereocenters. The zero-order valence-electron chi connectivity index (χ0n) is 14.0. The Morgan fingerprint density at radius 3 is 2.52 bits per heavy atom. The first-order valence-electron chi connectivity index (χ1n) is 7.88. The Morgan fingerprint density at radius 2 is 1.92 bits per heavy atom. The van der Waals surface area contributed by atoms with Crippen LogP contribution in [0.2, 0.25) is 0 Å². The minimum absolute atomic E-state index is 0.152. The molecule has 0 atom stereocenters. The number of nitrogens with zero attached hydrogens (tertiary/aromatic N) is 3. The van der Waals surface area contributed by atoms with Crippen molar-refractivity contribution in [1.29, 1.82) is 0 Å². The van der Waals surface area contributed by atoms with Gasteiger partial charge in [-0.1, -0.05) is 21.1 Å². The quantitative estimate of drug-likeness (QED) is 0.744. The van der Waals surface area contributed by atoms with Crippen molar-refractivity contribution < 1.29 is 17.3 Å². The number of halogens is 2. The lowest BCUT2D eigenvalue weighted by Gasteiger charge is -2.33. The average molecular weight is 432 g/mol. The van der Waals surface area contributed by atoms with Crippen molar-refractivity contribution in [3.63, 3.8) is 0 Å². The van der Waals surface area contributed by atoms with Gasteiger partial charge >= 0.3 is 0 Å². The highest BCUT2D eigenvalue weighted by atomic mass is 79.9. The number of aromatic nitrogens is 1. The fourth-order valence-electron chi connectivity index (χ4n) is 3.01. The average Bonchev–Trinajstić information content (AvgIpc) is 2.91. The topological polar surface area (TPSA) is 66.7 Å². The number of hydrogen-bond acceptors (Lipinski definition) is 5. The van der Waals surface area contributed by atoms with Gasteiger partial charge in [0.05, 0.1) is 0 Å². The van der Waals surface area contributed by atoms with Crippen LogP contribution in [-0.4, -0.2) is 49.0 Å². The van der Waals surface area contributed by atoms with E-state index in [2.05, 4.69) is 21.1 Å². The molecule has 9 heteroatoms. The lowest BCUT2D eigenvalue weighted by Crippen LogP contribution is -2.48. The van der Waals surface area contributed by atoms with E-state index in [1.165, 1.54) is 10.4 Å². The molecule has 1 aliphatic rings. The summed E-state index contributed by atoms with van der Waals surface area (Å²) >= 11 is 3.34. The van der Waals surface area contributed by atoms with Crippen LogP contribution in [0.15, 0.2) is 32.1 Å². The van der Waals surface area contributed by atoms with E-state index < -0.39 is 10.0 Å². The molecule has 6 nitrogen and oxygen atoms in total. The Balaban J connectivity index is 1.69. The molecule has 0 radical (unpaired) electrons. The third-order valence-electron chi connectivity index (χ3n) is 4.30. The molecule has 3 rings (SSSR count). The second-order valence-electron chi connectivity index (χ2n) is 6.07. The van der Waals surface area contributed by atoms with E-state index in [0.717, 1.165) is 4.47 Å². The zero-order valence-corrected chi connectivity index (χ0v) is 16.4. The van der Waals surface area contributed by atoms with E-state index in [1.54, 1.807) is 26.0 Å². The largest absolute Gasteiger partial charge is 0.360 e. The van der Waals surface area contributed by atoms with Gasteiger partial charge in [0, 0.05) is 42.8 Å². The van der Waals surface area contributed by atoms with E-state index in [4.69, 9.17) is 4.52 Å². The first kappa shape index (κ1) is 18.5. The molecular weight excluding hydrogens is 413 g/mol. The molecule has 0 amide bonds. The lowest BCUT2D eigenvalue weighted by atomic mass is 10.2. The molecule has 0 aliphatic carbocycles. The normalized spacial score (nSPS) is 17.1. The summed E-state index contributed by atoms with van der Waals surface area (Å²) in [6.07, 6.45) is 0. The second kappa shape index (κ2) is 7.14. The maximum absolute atomic E-state index is 13.9. The van der Waals surface area contributed by atoms with E-state index in [-0.39, 0.29) is 10.7 Å². The lowest BCUT2D eigenvalue weighted by molar-refractivity contribution is 0.179. The summed E-state index contributed by atoms with van der Waals surface area (Å²) < 4.78 is 46.7. The summed E-state index contributed by atoms with van der Waals surface area (Å²) in [5, 5.41) is 3.73. The molecule has 0 N–H and O–H groups in total. The number of piperazine rings is 1. The molecule has 1 fully saturated rings. The number of rotatable bonds is 4. The highest BCUT2D eigenvalue weighted by Crippen LogP contribution is 2.25. The molecule has 2 heterocycles. The maximum Gasteiger partial charge on any atom is 0.248 e. The third-order valence-corrected chi connectivity index (χ3v) is 6.94. The van der Waals surface area contributed by atoms with Crippen LogP contribution in [0.3, 0.4) is 0 Å². The van der Waals surface area contributed by atoms with Crippen LogP contribution in [0.1, 0.15) is 17.0 Å². The summed E-state index contributed by atoms with van der Waals surface area (Å²) in [7, 11) is -3.62. The minimum Gasteiger partial charge on any atom is -0.360 e. The van der Waals surface area contributed by atoms with E-state index in [0.29, 0.717) is 49.7 Å². The number of aryl methyl sites for hydroxylation is 2. The van der Waals surface area contributed by atoms with Crippen molar-refractivity contribution in [2.45, 2.75) is 25.3 Å². The standard InChI is InChI=1S/C16H19BrFN3O3S/c1-11-16(12(2)24-19-11)25(22,23)21-7-5-20(6-8-21)10-13-9-14(17)3-4-15(13)18/h3-4,9H,5-8,10H2,1-2H3. The van der Waals surface area contributed by atoms with Crippen molar-refractivity contribution in [2.75, 3.05) is 26.2 Å². The third kappa shape index (κ3) is 3.79. The molecule has 1 aromatic heterocycles. The summed E-state index contributed by atoms with van der Waals surface area (Å²) in [5.41, 5.74) is 0.965. The molecular formula is C16H19BrFN3O3S. The predicted molar refractivity (Wildman–Crippen MR) is 94.1 cm³/mol. The minimum atomic E-state index is -3.62. The maximum atomic E-state index is 13.9. The zero-order chi connectivity index (χ0) is 18.2. The summed E-state index contributed by atoms with van der Waals surface area (Å²) in [4.78, 5) is 2.20. The Hall–Kier alpha value is -1.29. The number of benzene rings is 1. The molecule has 1 aromatic carbocycles. The van der Waals surface area contributed by atoms with E-state index >= 15 is 0 Å². The fraction of sp³-hybridized carbons (Fsp3) is 0.438. The number of hydrogen-bond donors (Lipinski definition) is 0. The van der Waals surface area contributed by atoms with Crippen molar-refractivity contribution >= 4 is 26.0 Å². The van der Waals surface area contributed by atoms with Crippen molar-refractivity contribution in [2.24, 2.45) is 0 Å². The SMILES string of the molecule is Cc1noc(C)c1S(=O)(=O)N1CCN(Cc2cc(Br)ccc2F)CC1. The van der Waals surface area contributed by atoms with Gasteiger partial charge in [-0.05, 0) is 32.0 Å². The molecule has 0 spiro atoms. The van der Waals surface area contributed by atoms with Gasteiger partial charge in [-0.2, -0.15) is 4.31 Å². The Labute approximate surface area is 154 Å². The van der Waals surface area contributed by atoms with Crippen molar-refractivity contribution in [3.05, 3.63) is 45.5 Å². The van der Waals surface area contributed by atoms with Crippen LogP contribution in [0.4, 0.5) is 4.39 Å². The highest BCUT2D eigenvalue weighted by molar-refractivity contribution is 9.10. The Bertz CT molecular complexity index is 857. The van der Waals surface area contributed by atoms with Crippen LogP contribution in [0.25, 0.3) is 0 Å². The van der Waals surface area contributed by atoms with Gasteiger partial charge in [0.25, 0.3) is 0 Å². The second-order valence-corrected chi connectivity index (χ2v) is 8.86.